The molecule has 10 heteroatoms. The second kappa shape index (κ2) is 11.7. The second-order valence-electron chi connectivity index (χ2n) is 11.9. The van der Waals surface area contributed by atoms with Crippen LogP contribution in [-0.4, -0.2) is 70.2 Å². The largest absolute Gasteiger partial charge is 0.497 e. The molecule has 3 aromatic carbocycles. The van der Waals surface area contributed by atoms with E-state index < -0.39 is 22.1 Å². The molecular formula is C33H38N4O5S. The number of fused-ring (bicyclic) bond motifs is 3. The number of benzene rings is 3. The van der Waals surface area contributed by atoms with Gasteiger partial charge >= 0.3 is 0 Å². The molecule has 1 spiro atoms. The van der Waals surface area contributed by atoms with Crippen LogP contribution in [0.25, 0.3) is 0 Å². The number of piperidine rings is 1. The Labute approximate surface area is 253 Å². The van der Waals surface area contributed by atoms with E-state index in [9.17, 15) is 18.0 Å². The van der Waals surface area contributed by atoms with Crippen molar-refractivity contribution in [2.45, 2.75) is 49.7 Å². The van der Waals surface area contributed by atoms with Crippen LogP contribution in [0.5, 0.6) is 5.75 Å². The number of nitrogens with one attached hydrogen (secondary N) is 2. The molecule has 0 bridgehead atoms. The number of ether oxygens (including phenoxy) is 1. The fourth-order valence-electron chi connectivity index (χ4n) is 6.79. The normalized spacial score (nSPS) is 19.8. The molecule has 0 aromatic heterocycles. The van der Waals surface area contributed by atoms with Gasteiger partial charge in [0, 0.05) is 38.0 Å². The molecule has 0 saturated carbocycles. The first-order chi connectivity index (χ1) is 20.7. The summed E-state index contributed by atoms with van der Waals surface area (Å²) in [6.07, 6.45) is 3.45. The number of hydrogen-bond donors (Lipinski definition) is 2. The Morgan fingerprint density at radius 1 is 1.00 bits per heavy atom. The monoisotopic (exact) mass is 602 g/mol. The number of carbonyl (C=O) groups is 2. The molecule has 3 heterocycles. The molecule has 2 amide bonds. The second-order valence-corrected chi connectivity index (χ2v) is 13.8. The quantitative estimate of drug-likeness (QED) is 0.431. The summed E-state index contributed by atoms with van der Waals surface area (Å²) in [6.45, 7) is 1.95. The van der Waals surface area contributed by atoms with E-state index >= 15 is 0 Å². The van der Waals surface area contributed by atoms with E-state index in [1.54, 1.807) is 7.11 Å². The summed E-state index contributed by atoms with van der Waals surface area (Å²) < 4.78 is 32.0. The summed E-state index contributed by atoms with van der Waals surface area (Å²) >= 11 is 0. The van der Waals surface area contributed by atoms with Crippen molar-refractivity contribution in [1.82, 2.24) is 15.5 Å². The fraction of sp³-hybridized carbons (Fsp3) is 0.394. The zero-order valence-corrected chi connectivity index (χ0v) is 25.4. The zero-order valence-electron chi connectivity index (χ0n) is 24.6. The van der Waals surface area contributed by atoms with E-state index in [1.807, 2.05) is 71.6 Å². The van der Waals surface area contributed by atoms with Gasteiger partial charge in [0.05, 0.1) is 25.1 Å². The molecule has 0 aliphatic carbocycles. The molecule has 2 N–H and O–H groups in total. The Hall–Kier alpha value is -3.89. The molecule has 3 aliphatic rings. The maximum atomic E-state index is 14.1. The molecule has 2 atom stereocenters. The van der Waals surface area contributed by atoms with Gasteiger partial charge in [0.15, 0.2) is 0 Å². The molecule has 9 nitrogen and oxygen atoms in total. The van der Waals surface area contributed by atoms with Crippen LogP contribution in [-0.2, 0) is 44.4 Å². The van der Waals surface area contributed by atoms with Gasteiger partial charge in [0.2, 0.25) is 21.8 Å². The van der Waals surface area contributed by atoms with Crippen LogP contribution >= 0.6 is 0 Å². The van der Waals surface area contributed by atoms with Crippen LogP contribution in [0.3, 0.4) is 0 Å². The van der Waals surface area contributed by atoms with Crippen molar-refractivity contribution < 1.29 is 22.7 Å². The van der Waals surface area contributed by atoms with Gasteiger partial charge in [-0.15, -0.1) is 0 Å². The van der Waals surface area contributed by atoms with Gasteiger partial charge in [-0.1, -0.05) is 54.6 Å². The highest BCUT2D eigenvalue weighted by Crippen LogP contribution is 2.47. The van der Waals surface area contributed by atoms with Gasteiger partial charge in [-0.2, -0.15) is 0 Å². The summed E-state index contributed by atoms with van der Waals surface area (Å²) in [7, 11) is -1.82. The van der Waals surface area contributed by atoms with Crippen LogP contribution in [0.4, 0.5) is 5.69 Å². The van der Waals surface area contributed by atoms with Crippen LogP contribution in [0.15, 0.2) is 72.8 Å². The SMILES string of the molecule is COc1ccc(C[C@@H](NC(=O)C2Cc3ccccc3CN2)C(=O)N2CCC3(CC2)CN(S(C)(=O)=O)c2ccccc23)cc1. The Balaban J connectivity index is 1.19. The van der Waals surface area contributed by atoms with E-state index in [0.29, 0.717) is 51.9 Å². The van der Waals surface area contributed by atoms with E-state index in [4.69, 9.17) is 4.74 Å². The van der Waals surface area contributed by atoms with Gasteiger partial charge in [0.1, 0.15) is 11.8 Å². The van der Waals surface area contributed by atoms with Gasteiger partial charge in [-0.05, 0) is 59.7 Å². The van der Waals surface area contributed by atoms with Gasteiger partial charge in [0.25, 0.3) is 0 Å². The van der Waals surface area contributed by atoms with Crippen molar-refractivity contribution in [3.05, 3.63) is 95.1 Å². The maximum Gasteiger partial charge on any atom is 0.245 e. The summed E-state index contributed by atoms with van der Waals surface area (Å²) in [6, 6.07) is 22.2. The Kier molecular flexibility index (Phi) is 7.91. The first-order valence-electron chi connectivity index (χ1n) is 14.8. The summed E-state index contributed by atoms with van der Waals surface area (Å²) in [5.74, 6) is 0.409. The molecule has 1 unspecified atom stereocenters. The summed E-state index contributed by atoms with van der Waals surface area (Å²) in [5.41, 5.74) is 4.66. The van der Waals surface area contributed by atoms with Crippen LogP contribution in [0, 0.1) is 0 Å². The molecule has 1 fully saturated rings. The number of amides is 2. The summed E-state index contributed by atoms with van der Waals surface area (Å²) in [5, 5.41) is 6.41. The number of nitrogens with zero attached hydrogens (tertiary/aromatic N) is 2. The number of rotatable bonds is 7. The molecule has 0 radical (unpaired) electrons. The number of hydrogen-bond acceptors (Lipinski definition) is 6. The predicted molar refractivity (Wildman–Crippen MR) is 166 cm³/mol. The number of likely N-dealkylation sites (tertiary alicyclic amines) is 1. The fourth-order valence-corrected chi connectivity index (χ4v) is 7.79. The van der Waals surface area contributed by atoms with Crippen molar-refractivity contribution in [3.63, 3.8) is 0 Å². The minimum Gasteiger partial charge on any atom is -0.497 e. The molecule has 3 aromatic rings. The molecule has 1 saturated heterocycles. The molecule has 3 aliphatic heterocycles. The van der Waals surface area contributed by atoms with E-state index in [-0.39, 0.29) is 17.2 Å². The third kappa shape index (κ3) is 5.86. The Morgan fingerprint density at radius 2 is 1.67 bits per heavy atom. The number of methoxy groups -OCH3 is 1. The standard InChI is InChI=1S/C33H38N4O5S/c1-42-26-13-11-23(12-14-26)19-29(35-31(38)28-20-24-7-3-4-8-25(24)21-34-28)32(39)36-17-15-33(16-18-36)22-37(43(2,40)41)30-10-6-5-9-27(30)33/h3-14,28-29,34H,15-22H2,1-2H3,(H,35,38)/t28?,29-/m1/s1. The van der Waals surface area contributed by atoms with E-state index in [2.05, 4.69) is 16.7 Å². The van der Waals surface area contributed by atoms with Crippen molar-refractivity contribution in [3.8, 4) is 5.75 Å². The average Bonchev–Trinajstić information content (AvgIpc) is 3.35. The smallest absolute Gasteiger partial charge is 0.245 e. The lowest BCUT2D eigenvalue weighted by Gasteiger charge is -2.41. The minimum absolute atomic E-state index is 0.124. The number of sulfonamides is 1. The van der Waals surface area contributed by atoms with Crippen LogP contribution in [0.1, 0.15) is 35.1 Å². The topological polar surface area (TPSA) is 108 Å². The first kappa shape index (κ1) is 29.2. The zero-order chi connectivity index (χ0) is 30.2. The van der Waals surface area contributed by atoms with Crippen LogP contribution in [0.2, 0.25) is 0 Å². The van der Waals surface area contributed by atoms with E-state index in [0.717, 1.165) is 28.1 Å². The lowest BCUT2D eigenvalue weighted by molar-refractivity contribution is -0.138. The minimum atomic E-state index is -3.43. The lowest BCUT2D eigenvalue weighted by atomic mass is 9.74. The van der Waals surface area contributed by atoms with Gasteiger partial charge in [-0.3, -0.25) is 13.9 Å². The Bertz CT molecular complexity index is 1620. The van der Waals surface area contributed by atoms with Crippen LogP contribution < -0.4 is 19.7 Å². The molecule has 43 heavy (non-hydrogen) atoms. The predicted octanol–water partition coefficient (Wildman–Crippen LogP) is 2.78. The van der Waals surface area contributed by atoms with Crippen molar-refractivity contribution in [2.24, 2.45) is 0 Å². The van der Waals surface area contributed by atoms with Gasteiger partial charge < -0.3 is 20.3 Å². The highest BCUT2D eigenvalue weighted by Gasteiger charge is 2.48. The third-order valence-electron chi connectivity index (χ3n) is 9.23. The van der Waals surface area contributed by atoms with Gasteiger partial charge in [-0.25, -0.2) is 8.42 Å². The maximum absolute atomic E-state index is 14.1. The molecule has 6 rings (SSSR count). The number of anilines is 1. The average molecular weight is 603 g/mol. The van der Waals surface area contributed by atoms with E-state index in [1.165, 1.54) is 16.1 Å². The van der Waals surface area contributed by atoms with Crippen molar-refractivity contribution >= 4 is 27.5 Å². The number of carbonyl (C=O) groups excluding carboxylic acids is 2. The highest BCUT2D eigenvalue weighted by atomic mass is 32.2. The molecule has 226 valence electrons. The van der Waals surface area contributed by atoms with Crippen molar-refractivity contribution in [1.29, 1.82) is 0 Å². The molecular weight excluding hydrogens is 564 g/mol. The summed E-state index contributed by atoms with van der Waals surface area (Å²) in [4.78, 5) is 29.4. The Morgan fingerprint density at radius 3 is 2.37 bits per heavy atom. The lowest BCUT2D eigenvalue weighted by Crippen LogP contribution is -2.57. The number of para-hydroxylation sites is 1. The first-order valence-corrected chi connectivity index (χ1v) is 16.6. The van der Waals surface area contributed by atoms with Crippen molar-refractivity contribution in [2.75, 3.05) is 37.3 Å². The third-order valence-corrected chi connectivity index (χ3v) is 10.4. The highest BCUT2D eigenvalue weighted by molar-refractivity contribution is 7.92.